The highest BCUT2D eigenvalue weighted by Gasteiger charge is 2.06. The Morgan fingerprint density at radius 3 is 2.46 bits per heavy atom. The molecule has 0 nitrogen and oxygen atoms in total. The fourth-order valence-corrected chi connectivity index (χ4v) is 2.03. The topological polar surface area (TPSA) is 0 Å². The van der Waals surface area contributed by atoms with Gasteiger partial charge in [0.05, 0.1) is 0 Å². The molecule has 0 aromatic rings. The lowest BCUT2D eigenvalue weighted by molar-refractivity contribution is 0.999. The van der Waals surface area contributed by atoms with Crippen molar-refractivity contribution < 1.29 is 0 Å². The Bertz CT molecular complexity index is 225. The molecule has 13 heavy (non-hydrogen) atoms. The average molecular weight is 259 g/mol. The summed E-state index contributed by atoms with van der Waals surface area (Å²) in [6.45, 7) is 9.00. The van der Waals surface area contributed by atoms with E-state index in [1.807, 2.05) is 0 Å². The van der Waals surface area contributed by atoms with E-state index in [1.165, 1.54) is 5.57 Å². The van der Waals surface area contributed by atoms with Gasteiger partial charge in [-0.25, -0.2) is 0 Å². The van der Waals surface area contributed by atoms with Crippen LogP contribution in [0.4, 0.5) is 0 Å². The van der Waals surface area contributed by atoms with Crippen LogP contribution in [0, 0.1) is 11.5 Å². The molecule has 0 aliphatic carbocycles. The number of allylic oxidation sites excluding steroid dienone is 2. The summed E-state index contributed by atoms with van der Waals surface area (Å²) in [5.74, 6) is 3.27. The van der Waals surface area contributed by atoms with Crippen molar-refractivity contribution >= 4 is 24.0 Å². The number of hydrogen-bond donors (Lipinski definition) is 0. The maximum absolute atomic E-state index is 3.39. The summed E-state index contributed by atoms with van der Waals surface area (Å²) in [7, 11) is -1.14. The van der Waals surface area contributed by atoms with E-state index in [1.54, 1.807) is 0 Å². The Morgan fingerprint density at radius 1 is 1.38 bits per heavy atom. The van der Waals surface area contributed by atoms with Crippen LogP contribution < -0.4 is 0 Å². The van der Waals surface area contributed by atoms with Gasteiger partial charge in [0.2, 0.25) is 0 Å². The molecule has 0 heterocycles. The van der Waals surface area contributed by atoms with E-state index in [2.05, 4.69) is 60.0 Å². The van der Waals surface area contributed by atoms with Crippen LogP contribution in [0.25, 0.3) is 0 Å². The van der Waals surface area contributed by atoms with Crippen molar-refractivity contribution in [3.63, 3.8) is 0 Å². The SMILES string of the molecule is C/C(=C\CBr)CCC#C[Si](C)(C)C. The molecule has 0 N–H and O–H groups in total. The summed E-state index contributed by atoms with van der Waals surface area (Å²) in [5.41, 5.74) is 4.80. The van der Waals surface area contributed by atoms with Crippen LogP contribution in [0.2, 0.25) is 19.6 Å². The summed E-state index contributed by atoms with van der Waals surface area (Å²) in [6.07, 6.45) is 4.33. The molecule has 0 bridgehead atoms. The first kappa shape index (κ1) is 13.0. The molecule has 0 aromatic heterocycles. The maximum atomic E-state index is 3.39. The molecule has 0 fully saturated rings. The van der Waals surface area contributed by atoms with Gasteiger partial charge in [-0.15, -0.1) is 11.5 Å². The van der Waals surface area contributed by atoms with Crippen molar-refractivity contribution in [2.75, 3.05) is 5.33 Å². The van der Waals surface area contributed by atoms with Gasteiger partial charge >= 0.3 is 0 Å². The van der Waals surface area contributed by atoms with E-state index in [4.69, 9.17) is 0 Å². The van der Waals surface area contributed by atoms with Gasteiger partial charge in [0.15, 0.2) is 0 Å². The number of halogens is 1. The minimum atomic E-state index is -1.14. The van der Waals surface area contributed by atoms with Gasteiger partial charge in [0, 0.05) is 11.8 Å². The highest BCUT2D eigenvalue weighted by atomic mass is 79.9. The minimum absolute atomic E-state index is 0.959. The highest BCUT2D eigenvalue weighted by molar-refractivity contribution is 9.09. The lowest BCUT2D eigenvalue weighted by Gasteiger charge is -2.03. The molecular weight excluding hydrogens is 240 g/mol. The van der Waals surface area contributed by atoms with Gasteiger partial charge in [-0.05, 0) is 13.3 Å². The maximum Gasteiger partial charge on any atom is 0.129 e. The standard InChI is InChI=1S/C11H19BrSi/c1-11(8-9-12)7-5-6-10-13(2,3)4/h8H,5,7,9H2,1-4H3/b11-8+. The second kappa shape index (κ2) is 6.45. The first-order valence-corrected chi connectivity index (χ1v) is 9.29. The molecular formula is C11H19BrSi. The minimum Gasteiger partial charge on any atom is -0.132 e. The summed E-state index contributed by atoms with van der Waals surface area (Å²) < 4.78 is 0. The van der Waals surface area contributed by atoms with Gasteiger partial charge in [-0.1, -0.05) is 47.2 Å². The molecule has 0 unspecified atom stereocenters. The second-order valence-electron chi connectivity index (χ2n) is 4.26. The van der Waals surface area contributed by atoms with E-state index >= 15 is 0 Å². The van der Waals surface area contributed by atoms with Crippen LogP contribution in [0.15, 0.2) is 11.6 Å². The molecule has 0 aliphatic rings. The van der Waals surface area contributed by atoms with Gasteiger partial charge in [-0.3, -0.25) is 0 Å². The van der Waals surface area contributed by atoms with Crippen molar-refractivity contribution in [3.8, 4) is 11.5 Å². The summed E-state index contributed by atoms with van der Waals surface area (Å²) in [4.78, 5) is 0. The fraction of sp³-hybridized carbons (Fsp3) is 0.636. The first-order chi connectivity index (χ1) is 5.95. The summed E-state index contributed by atoms with van der Waals surface area (Å²) in [6, 6.07) is 0. The number of alkyl halides is 1. The largest absolute Gasteiger partial charge is 0.132 e. The molecule has 0 radical (unpaired) electrons. The molecule has 0 amide bonds. The predicted molar refractivity (Wildman–Crippen MR) is 67.9 cm³/mol. The van der Waals surface area contributed by atoms with Gasteiger partial charge in [0.25, 0.3) is 0 Å². The Hall–Kier alpha value is -0.00312. The smallest absolute Gasteiger partial charge is 0.129 e. The second-order valence-corrected chi connectivity index (χ2v) is 9.65. The molecule has 2 heteroatoms. The number of rotatable bonds is 3. The average Bonchev–Trinajstić information content (AvgIpc) is 1.97. The van der Waals surface area contributed by atoms with E-state index in [9.17, 15) is 0 Å². The van der Waals surface area contributed by atoms with E-state index in [0.717, 1.165) is 18.2 Å². The van der Waals surface area contributed by atoms with Crippen molar-refractivity contribution in [2.24, 2.45) is 0 Å². The molecule has 0 aromatic carbocycles. The summed E-state index contributed by atoms with van der Waals surface area (Å²) >= 11 is 3.39. The van der Waals surface area contributed by atoms with Gasteiger partial charge < -0.3 is 0 Å². The van der Waals surface area contributed by atoms with Gasteiger partial charge in [-0.2, -0.15) is 0 Å². The quantitative estimate of drug-likeness (QED) is 0.311. The number of hydrogen-bond acceptors (Lipinski definition) is 0. The molecule has 0 rings (SSSR count). The third kappa shape index (κ3) is 9.91. The summed E-state index contributed by atoms with van der Waals surface area (Å²) in [5, 5.41) is 0.959. The molecule has 0 spiro atoms. The monoisotopic (exact) mass is 258 g/mol. The van der Waals surface area contributed by atoms with E-state index in [-0.39, 0.29) is 0 Å². The van der Waals surface area contributed by atoms with Crippen LogP contribution in [0.3, 0.4) is 0 Å². The lowest BCUT2D eigenvalue weighted by atomic mass is 10.2. The fourth-order valence-electron chi connectivity index (χ4n) is 0.821. The molecule has 74 valence electrons. The normalized spacial score (nSPS) is 12.2. The van der Waals surface area contributed by atoms with Crippen molar-refractivity contribution in [2.45, 2.75) is 39.4 Å². The van der Waals surface area contributed by atoms with E-state index in [0.29, 0.717) is 0 Å². The van der Waals surface area contributed by atoms with Crippen molar-refractivity contribution in [3.05, 3.63) is 11.6 Å². The Morgan fingerprint density at radius 2 is 2.00 bits per heavy atom. The van der Waals surface area contributed by atoms with Crippen LogP contribution in [-0.2, 0) is 0 Å². The predicted octanol–water partition coefficient (Wildman–Crippen LogP) is 3.99. The molecule has 0 aliphatic heterocycles. The highest BCUT2D eigenvalue weighted by Crippen LogP contribution is 2.04. The van der Waals surface area contributed by atoms with Gasteiger partial charge in [0.1, 0.15) is 8.07 Å². The third-order valence-corrected chi connectivity index (χ3v) is 2.78. The van der Waals surface area contributed by atoms with Crippen molar-refractivity contribution in [1.29, 1.82) is 0 Å². The van der Waals surface area contributed by atoms with Crippen LogP contribution in [0.1, 0.15) is 19.8 Å². The molecule has 0 saturated heterocycles. The zero-order valence-corrected chi connectivity index (χ0v) is 11.7. The van der Waals surface area contributed by atoms with Crippen molar-refractivity contribution in [1.82, 2.24) is 0 Å². The van der Waals surface area contributed by atoms with Crippen LogP contribution in [0.5, 0.6) is 0 Å². The Balaban J connectivity index is 3.78. The first-order valence-electron chi connectivity index (χ1n) is 4.67. The Kier molecular flexibility index (Phi) is 6.45. The molecule has 0 atom stereocenters. The zero-order valence-electron chi connectivity index (χ0n) is 9.08. The Labute approximate surface area is 91.9 Å². The lowest BCUT2D eigenvalue weighted by Crippen LogP contribution is -2.16. The van der Waals surface area contributed by atoms with Crippen LogP contribution >= 0.6 is 15.9 Å². The van der Waals surface area contributed by atoms with Crippen LogP contribution in [-0.4, -0.2) is 13.4 Å². The third-order valence-electron chi connectivity index (χ3n) is 1.53. The zero-order chi connectivity index (χ0) is 10.3. The molecule has 0 saturated carbocycles. The van der Waals surface area contributed by atoms with E-state index < -0.39 is 8.07 Å².